The quantitative estimate of drug-likeness (QED) is 0.779. The second-order valence-electron chi connectivity index (χ2n) is 3.82. The first-order valence-electron chi connectivity index (χ1n) is 5.60. The van der Waals surface area contributed by atoms with E-state index in [-0.39, 0.29) is 4.90 Å². The Bertz CT molecular complexity index is 500. The summed E-state index contributed by atoms with van der Waals surface area (Å²) in [6, 6.07) is 1.62. The predicted octanol–water partition coefficient (Wildman–Crippen LogP) is -0.351. The maximum absolute atomic E-state index is 12.2. The van der Waals surface area contributed by atoms with Gasteiger partial charge in [-0.2, -0.15) is 0 Å². The minimum absolute atomic E-state index is 0.138. The highest BCUT2D eigenvalue weighted by Crippen LogP contribution is 2.18. The predicted molar refractivity (Wildman–Crippen MR) is 66.5 cm³/mol. The molecule has 1 aromatic heterocycles. The molecular weight excluding hydrogens is 256 g/mol. The van der Waals surface area contributed by atoms with Gasteiger partial charge in [0, 0.05) is 32.5 Å². The third kappa shape index (κ3) is 2.96. The van der Waals surface area contributed by atoms with Crippen LogP contribution in [0, 0.1) is 0 Å². The molecule has 2 heterocycles. The summed E-state index contributed by atoms with van der Waals surface area (Å²) >= 11 is 0. The molecule has 8 heteroatoms. The molecule has 0 spiro atoms. The summed E-state index contributed by atoms with van der Waals surface area (Å²) in [6.07, 6.45) is 2.87. The Morgan fingerprint density at radius 3 is 2.78 bits per heavy atom. The van der Waals surface area contributed by atoms with E-state index in [0.29, 0.717) is 32.0 Å². The van der Waals surface area contributed by atoms with Gasteiger partial charge < -0.3 is 10.1 Å². The highest BCUT2D eigenvalue weighted by Gasteiger charge is 2.22. The molecule has 0 radical (unpaired) electrons. The number of pyridine rings is 1. The van der Waals surface area contributed by atoms with Crippen LogP contribution >= 0.6 is 0 Å². The van der Waals surface area contributed by atoms with Crippen molar-refractivity contribution in [2.75, 3.05) is 38.7 Å². The molecule has 2 N–H and O–H groups in total. The lowest BCUT2D eigenvalue weighted by atomic mass is 10.4. The number of aromatic nitrogens is 1. The highest BCUT2D eigenvalue weighted by atomic mass is 32.2. The van der Waals surface area contributed by atoms with E-state index >= 15 is 0 Å². The number of hydrogen-bond acceptors (Lipinski definition) is 6. The molecule has 0 atom stereocenters. The van der Waals surface area contributed by atoms with Gasteiger partial charge in [0.15, 0.2) is 0 Å². The molecule has 0 saturated carbocycles. The Morgan fingerprint density at radius 1 is 1.39 bits per heavy atom. The number of hydrazine groups is 1. The van der Waals surface area contributed by atoms with Gasteiger partial charge >= 0.3 is 0 Å². The fraction of sp³-hybridized carbons (Fsp3) is 0.500. The summed E-state index contributed by atoms with van der Waals surface area (Å²) < 4.78 is 29.6. The first-order valence-corrected chi connectivity index (χ1v) is 7.09. The van der Waals surface area contributed by atoms with Gasteiger partial charge in [-0.15, -0.1) is 4.83 Å². The first-order chi connectivity index (χ1) is 8.63. The summed E-state index contributed by atoms with van der Waals surface area (Å²) in [5.74, 6) is 0. The van der Waals surface area contributed by atoms with E-state index < -0.39 is 10.0 Å². The van der Waals surface area contributed by atoms with Crippen LogP contribution in [0.4, 0.5) is 5.69 Å². The van der Waals surface area contributed by atoms with Crippen LogP contribution in [0.1, 0.15) is 0 Å². The average molecular weight is 272 g/mol. The molecule has 0 aliphatic carbocycles. The Labute approximate surface area is 106 Å². The van der Waals surface area contributed by atoms with Crippen molar-refractivity contribution in [2.24, 2.45) is 0 Å². The van der Waals surface area contributed by atoms with Crippen LogP contribution in [0.2, 0.25) is 0 Å². The molecule has 0 unspecified atom stereocenters. The number of anilines is 1. The maximum Gasteiger partial charge on any atom is 0.257 e. The van der Waals surface area contributed by atoms with Gasteiger partial charge in [-0.25, -0.2) is 13.4 Å². The smallest absolute Gasteiger partial charge is 0.257 e. The summed E-state index contributed by atoms with van der Waals surface area (Å²) in [5.41, 5.74) is 0.519. The summed E-state index contributed by atoms with van der Waals surface area (Å²) in [4.78, 5) is 6.52. The molecule has 1 aliphatic heterocycles. The number of morpholine rings is 1. The standard InChI is InChI=1S/C10H16N4O3S/c1-11-9-2-3-12-8-10(9)18(15,16)13-14-4-6-17-7-5-14/h2-3,8,13H,4-7H2,1H3,(H,11,12). The minimum atomic E-state index is -3.61. The van der Waals surface area contributed by atoms with Crippen molar-refractivity contribution in [3.05, 3.63) is 18.5 Å². The number of nitrogens with zero attached hydrogens (tertiary/aromatic N) is 2. The van der Waals surface area contributed by atoms with Crippen molar-refractivity contribution >= 4 is 15.7 Å². The van der Waals surface area contributed by atoms with Gasteiger partial charge in [0.05, 0.1) is 18.9 Å². The Hall–Kier alpha value is -1.22. The van der Waals surface area contributed by atoms with Crippen LogP contribution in [0.25, 0.3) is 0 Å². The van der Waals surface area contributed by atoms with Gasteiger partial charge in [0.2, 0.25) is 0 Å². The lowest BCUT2D eigenvalue weighted by molar-refractivity contribution is 0.0272. The molecular formula is C10H16N4O3S. The summed E-state index contributed by atoms with van der Waals surface area (Å²) in [6.45, 7) is 2.12. The topological polar surface area (TPSA) is 83.6 Å². The van der Waals surface area contributed by atoms with Crippen LogP contribution < -0.4 is 10.1 Å². The fourth-order valence-corrected chi connectivity index (χ4v) is 2.95. The summed E-state index contributed by atoms with van der Waals surface area (Å²) in [7, 11) is -1.94. The lowest BCUT2D eigenvalue weighted by Crippen LogP contribution is -2.48. The second kappa shape index (κ2) is 5.61. The van der Waals surface area contributed by atoms with Crippen LogP contribution in [0.3, 0.4) is 0 Å². The van der Waals surface area contributed by atoms with E-state index in [1.807, 2.05) is 0 Å². The second-order valence-corrected chi connectivity index (χ2v) is 5.45. The van der Waals surface area contributed by atoms with Gasteiger partial charge in [-0.05, 0) is 6.07 Å². The molecule has 0 bridgehead atoms. The Kier molecular flexibility index (Phi) is 4.12. The molecule has 18 heavy (non-hydrogen) atoms. The largest absolute Gasteiger partial charge is 0.387 e. The van der Waals surface area contributed by atoms with E-state index in [0.717, 1.165) is 0 Å². The van der Waals surface area contributed by atoms with E-state index in [1.54, 1.807) is 24.3 Å². The zero-order valence-electron chi connectivity index (χ0n) is 10.1. The van der Waals surface area contributed by atoms with E-state index in [9.17, 15) is 8.42 Å². The minimum Gasteiger partial charge on any atom is -0.387 e. The molecule has 1 aromatic rings. The van der Waals surface area contributed by atoms with E-state index in [2.05, 4.69) is 15.1 Å². The van der Waals surface area contributed by atoms with Crippen LogP contribution in [0.15, 0.2) is 23.4 Å². The van der Waals surface area contributed by atoms with Gasteiger partial charge in [0.25, 0.3) is 10.0 Å². The van der Waals surface area contributed by atoms with Crippen molar-refractivity contribution < 1.29 is 13.2 Å². The maximum atomic E-state index is 12.2. The normalized spacial score (nSPS) is 17.6. The SMILES string of the molecule is CNc1ccncc1S(=O)(=O)NN1CCOCC1. The number of rotatable bonds is 4. The summed E-state index contributed by atoms with van der Waals surface area (Å²) in [5, 5.41) is 4.47. The first kappa shape index (κ1) is 13.2. The molecule has 0 amide bonds. The molecule has 1 saturated heterocycles. The van der Waals surface area contributed by atoms with Crippen molar-refractivity contribution in [1.82, 2.24) is 14.8 Å². The van der Waals surface area contributed by atoms with Crippen molar-refractivity contribution in [2.45, 2.75) is 4.90 Å². The molecule has 0 aromatic carbocycles. The Morgan fingerprint density at radius 2 is 2.11 bits per heavy atom. The molecule has 1 aliphatic rings. The van der Waals surface area contributed by atoms with Crippen molar-refractivity contribution in [3.63, 3.8) is 0 Å². The van der Waals surface area contributed by atoms with Crippen LogP contribution in [-0.4, -0.2) is 51.8 Å². The number of sulfonamides is 1. The van der Waals surface area contributed by atoms with Crippen LogP contribution in [-0.2, 0) is 14.8 Å². The third-order valence-corrected chi connectivity index (χ3v) is 4.01. The lowest BCUT2D eigenvalue weighted by Gasteiger charge is -2.26. The number of nitrogens with one attached hydrogen (secondary N) is 2. The van der Waals surface area contributed by atoms with Gasteiger partial charge in [-0.1, -0.05) is 0 Å². The zero-order valence-corrected chi connectivity index (χ0v) is 10.9. The van der Waals surface area contributed by atoms with E-state index in [4.69, 9.17) is 4.74 Å². The third-order valence-electron chi connectivity index (χ3n) is 2.60. The number of ether oxygens (including phenoxy) is 1. The van der Waals surface area contributed by atoms with Gasteiger partial charge in [0.1, 0.15) is 4.90 Å². The van der Waals surface area contributed by atoms with Gasteiger partial charge in [-0.3, -0.25) is 4.98 Å². The Balaban J connectivity index is 2.19. The fourth-order valence-electron chi connectivity index (χ4n) is 1.67. The molecule has 7 nitrogen and oxygen atoms in total. The molecule has 2 rings (SSSR count). The monoisotopic (exact) mass is 272 g/mol. The van der Waals surface area contributed by atoms with Crippen LogP contribution in [0.5, 0.6) is 0 Å². The van der Waals surface area contributed by atoms with E-state index in [1.165, 1.54) is 6.20 Å². The molecule has 100 valence electrons. The highest BCUT2D eigenvalue weighted by molar-refractivity contribution is 7.89. The van der Waals surface area contributed by atoms with Crippen molar-refractivity contribution in [3.8, 4) is 0 Å². The zero-order chi connectivity index (χ0) is 13.0. The average Bonchev–Trinajstić information content (AvgIpc) is 2.39. The van der Waals surface area contributed by atoms with Crippen molar-refractivity contribution in [1.29, 1.82) is 0 Å². The number of hydrogen-bond donors (Lipinski definition) is 2. The molecule has 1 fully saturated rings.